The number of sulfonamides is 1. The quantitative estimate of drug-likeness (QED) is 0.442. The lowest BCUT2D eigenvalue weighted by molar-refractivity contribution is -0.114. The van der Waals surface area contributed by atoms with Gasteiger partial charge in [-0.3, -0.25) is 14.1 Å². The van der Waals surface area contributed by atoms with Gasteiger partial charge in [-0.1, -0.05) is 12.1 Å². The summed E-state index contributed by atoms with van der Waals surface area (Å²) >= 11 is 0. The van der Waals surface area contributed by atoms with Crippen LogP contribution in [0.15, 0.2) is 90.1 Å². The number of methoxy groups -OCH3 is 1. The van der Waals surface area contributed by atoms with E-state index in [1.165, 1.54) is 43.6 Å². The van der Waals surface area contributed by atoms with Crippen LogP contribution in [0.25, 0.3) is 10.8 Å². The van der Waals surface area contributed by atoms with Crippen molar-refractivity contribution in [1.29, 1.82) is 0 Å². The number of hydrogen-bond donors (Lipinski definition) is 1. The Labute approximate surface area is 190 Å². The van der Waals surface area contributed by atoms with E-state index in [2.05, 4.69) is 10.3 Å². The number of benzene rings is 3. The van der Waals surface area contributed by atoms with Crippen LogP contribution in [0.2, 0.25) is 0 Å². The van der Waals surface area contributed by atoms with Crippen molar-refractivity contribution in [3.05, 3.63) is 91.0 Å². The Bertz CT molecular complexity index is 1390. The third kappa shape index (κ3) is 4.78. The van der Waals surface area contributed by atoms with Gasteiger partial charge in [0.2, 0.25) is 5.91 Å². The highest BCUT2D eigenvalue weighted by Crippen LogP contribution is 2.30. The smallest absolute Gasteiger partial charge is 0.265 e. The van der Waals surface area contributed by atoms with Gasteiger partial charge < -0.3 is 10.1 Å². The molecule has 168 valence electrons. The van der Waals surface area contributed by atoms with E-state index in [1.54, 1.807) is 48.7 Å². The maximum absolute atomic E-state index is 13.8. The number of carbonyl (C=O) groups is 1. The van der Waals surface area contributed by atoms with Gasteiger partial charge in [-0.25, -0.2) is 12.8 Å². The second-order valence-corrected chi connectivity index (χ2v) is 8.95. The van der Waals surface area contributed by atoms with Crippen LogP contribution in [-0.4, -0.2) is 33.0 Å². The van der Waals surface area contributed by atoms with Gasteiger partial charge in [-0.05, 0) is 60.7 Å². The van der Waals surface area contributed by atoms with E-state index < -0.39 is 28.3 Å². The van der Waals surface area contributed by atoms with E-state index in [0.29, 0.717) is 22.2 Å². The van der Waals surface area contributed by atoms with Crippen molar-refractivity contribution in [2.45, 2.75) is 4.90 Å². The standard InChI is InChI=1S/C24H20FN3O4S/c1-32-21-11-9-20(10-12-21)28(16-24(29)27-19-7-5-18(25)6-8-19)33(30,31)23-4-2-3-17-15-26-14-13-22(17)23/h2-15H,16H2,1H3,(H,27,29). The minimum atomic E-state index is -4.15. The number of pyridine rings is 1. The number of aromatic nitrogens is 1. The molecule has 3 aromatic carbocycles. The van der Waals surface area contributed by atoms with E-state index >= 15 is 0 Å². The first-order chi connectivity index (χ1) is 15.9. The predicted octanol–water partition coefficient (Wildman–Crippen LogP) is 4.22. The van der Waals surface area contributed by atoms with Gasteiger partial charge in [0.25, 0.3) is 10.0 Å². The second kappa shape index (κ2) is 9.25. The SMILES string of the molecule is COc1ccc(N(CC(=O)Nc2ccc(F)cc2)S(=O)(=O)c2cccc3cnccc23)cc1. The van der Waals surface area contributed by atoms with Crippen LogP contribution in [0.3, 0.4) is 0 Å². The molecule has 33 heavy (non-hydrogen) atoms. The van der Waals surface area contributed by atoms with Crippen LogP contribution in [0.4, 0.5) is 15.8 Å². The highest BCUT2D eigenvalue weighted by atomic mass is 32.2. The Hall–Kier alpha value is -3.98. The summed E-state index contributed by atoms with van der Waals surface area (Å²) in [4.78, 5) is 16.9. The number of fused-ring (bicyclic) bond motifs is 1. The fourth-order valence-electron chi connectivity index (χ4n) is 3.36. The summed E-state index contributed by atoms with van der Waals surface area (Å²) < 4.78 is 46.9. The monoisotopic (exact) mass is 465 g/mol. The van der Waals surface area contributed by atoms with Crippen molar-refractivity contribution in [3.63, 3.8) is 0 Å². The molecule has 0 spiro atoms. The molecule has 7 nitrogen and oxygen atoms in total. The first kappa shape index (κ1) is 22.2. The summed E-state index contributed by atoms with van der Waals surface area (Å²) in [6.07, 6.45) is 3.09. The fourth-order valence-corrected chi connectivity index (χ4v) is 5.00. The average Bonchev–Trinajstić information content (AvgIpc) is 2.83. The van der Waals surface area contributed by atoms with E-state index in [4.69, 9.17) is 4.74 Å². The van der Waals surface area contributed by atoms with Gasteiger partial charge in [-0.2, -0.15) is 0 Å². The summed E-state index contributed by atoms with van der Waals surface area (Å²) in [6, 6.07) is 18.1. The Balaban J connectivity index is 1.74. The van der Waals surface area contributed by atoms with Gasteiger partial charge in [0.15, 0.2) is 0 Å². The molecule has 0 unspecified atom stereocenters. The molecule has 1 N–H and O–H groups in total. The molecule has 1 amide bonds. The zero-order valence-corrected chi connectivity index (χ0v) is 18.4. The van der Waals surface area contributed by atoms with Crippen molar-refractivity contribution in [1.82, 2.24) is 4.98 Å². The minimum Gasteiger partial charge on any atom is -0.497 e. The van der Waals surface area contributed by atoms with Crippen molar-refractivity contribution >= 4 is 38.1 Å². The van der Waals surface area contributed by atoms with Crippen LogP contribution in [0.5, 0.6) is 5.75 Å². The van der Waals surface area contributed by atoms with Crippen LogP contribution in [0.1, 0.15) is 0 Å². The van der Waals surface area contributed by atoms with E-state index in [0.717, 1.165) is 4.31 Å². The normalized spacial score (nSPS) is 11.2. The highest BCUT2D eigenvalue weighted by molar-refractivity contribution is 7.93. The first-order valence-electron chi connectivity index (χ1n) is 9.93. The number of halogens is 1. The lowest BCUT2D eigenvalue weighted by atomic mass is 10.2. The number of nitrogens with zero attached hydrogens (tertiary/aromatic N) is 2. The molecule has 0 aliphatic rings. The van der Waals surface area contributed by atoms with E-state index in [9.17, 15) is 17.6 Å². The van der Waals surface area contributed by atoms with Crippen LogP contribution >= 0.6 is 0 Å². The molecular formula is C24H20FN3O4S. The molecule has 0 fully saturated rings. The Kier molecular flexibility index (Phi) is 6.23. The summed E-state index contributed by atoms with van der Waals surface area (Å²) in [6.45, 7) is -0.493. The molecule has 0 aliphatic heterocycles. The van der Waals surface area contributed by atoms with Crippen LogP contribution < -0.4 is 14.4 Å². The van der Waals surface area contributed by atoms with Crippen molar-refractivity contribution < 1.29 is 22.3 Å². The number of carbonyl (C=O) groups excluding carboxylic acids is 1. The third-order valence-electron chi connectivity index (χ3n) is 4.98. The molecule has 0 radical (unpaired) electrons. The summed E-state index contributed by atoms with van der Waals surface area (Å²) in [5, 5.41) is 3.75. The largest absolute Gasteiger partial charge is 0.497 e. The number of ether oxygens (including phenoxy) is 1. The van der Waals surface area contributed by atoms with Crippen LogP contribution in [0, 0.1) is 5.82 Å². The fraction of sp³-hybridized carbons (Fsp3) is 0.0833. The number of rotatable bonds is 7. The Morgan fingerprint density at radius 1 is 1.03 bits per heavy atom. The molecule has 0 bridgehead atoms. The van der Waals surface area contributed by atoms with Crippen LogP contribution in [-0.2, 0) is 14.8 Å². The molecule has 1 heterocycles. The lowest BCUT2D eigenvalue weighted by Gasteiger charge is -2.25. The Morgan fingerprint density at radius 2 is 1.76 bits per heavy atom. The maximum atomic E-state index is 13.8. The summed E-state index contributed by atoms with van der Waals surface area (Å²) in [5.41, 5.74) is 0.640. The van der Waals surface area contributed by atoms with Gasteiger partial charge in [-0.15, -0.1) is 0 Å². The molecule has 0 atom stereocenters. The van der Waals surface area contributed by atoms with Gasteiger partial charge in [0.05, 0.1) is 17.7 Å². The summed E-state index contributed by atoms with van der Waals surface area (Å²) in [7, 11) is -2.65. The van der Waals surface area contributed by atoms with Crippen molar-refractivity contribution in [3.8, 4) is 5.75 Å². The average molecular weight is 466 g/mol. The molecule has 9 heteroatoms. The number of amides is 1. The minimum absolute atomic E-state index is 0.0489. The molecule has 4 aromatic rings. The molecule has 4 rings (SSSR count). The zero-order valence-electron chi connectivity index (χ0n) is 17.6. The highest BCUT2D eigenvalue weighted by Gasteiger charge is 2.29. The number of anilines is 2. The maximum Gasteiger partial charge on any atom is 0.265 e. The van der Waals surface area contributed by atoms with Gasteiger partial charge in [0.1, 0.15) is 18.1 Å². The zero-order chi connectivity index (χ0) is 23.4. The Morgan fingerprint density at radius 3 is 2.45 bits per heavy atom. The second-order valence-electron chi connectivity index (χ2n) is 7.12. The number of hydrogen-bond acceptors (Lipinski definition) is 5. The number of nitrogens with one attached hydrogen (secondary N) is 1. The topological polar surface area (TPSA) is 88.6 Å². The van der Waals surface area contributed by atoms with Gasteiger partial charge >= 0.3 is 0 Å². The summed E-state index contributed by atoms with van der Waals surface area (Å²) in [5.74, 6) is -0.480. The molecule has 1 aromatic heterocycles. The molecule has 0 saturated carbocycles. The molecule has 0 saturated heterocycles. The van der Waals surface area contributed by atoms with E-state index in [-0.39, 0.29) is 10.6 Å². The third-order valence-corrected chi connectivity index (χ3v) is 6.82. The van der Waals surface area contributed by atoms with Crippen molar-refractivity contribution in [2.24, 2.45) is 0 Å². The molecular weight excluding hydrogens is 445 g/mol. The first-order valence-corrected chi connectivity index (χ1v) is 11.4. The van der Waals surface area contributed by atoms with E-state index in [1.807, 2.05) is 0 Å². The molecule has 0 aliphatic carbocycles. The predicted molar refractivity (Wildman–Crippen MR) is 124 cm³/mol. The van der Waals surface area contributed by atoms with Gasteiger partial charge in [0, 0.05) is 28.9 Å². The lowest BCUT2D eigenvalue weighted by Crippen LogP contribution is -2.38. The van der Waals surface area contributed by atoms with Crippen molar-refractivity contribution in [2.75, 3.05) is 23.3 Å².